The number of aromatic nitrogens is 2. The zero-order chi connectivity index (χ0) is 16.7. The van der Waals surface area contributed by atoms with Gasteiger partial charge in [0.25, 0.3) is 0 Å². The highest BCUT2D eigenvalue weighted by Gasteiger charge is 2.27. The maximum absolute atomic E-state index is 4.24. The molecule has 0 aliphatic carbocycles. The first-order valence-corrected chi connectivity index (χ1v) is 9.38. The van der Waals surface area contributed by atoms with Gasteiger partial charge in [-0.05, 0) is 55.7 Å². The van der Waals surface area contributed by atoms with E-state index in [0.717, 1.165) is 23.9 Å². The molecule has 1 N–H and O–H groups in total. The summed E-state index contributed by atoms with van der Waals surface area (Å²) in [6, 6.07) is 11.7. The van der Waals surface area contributed by atoms with E-state index in [2.05, 4.69) is 68.9 Å². The van der Waals surface area contributed by atoms with Crippen molar-refractivity contribution in [2.75, 3.05) is 0 Å². The number of hydrogen-bond acceptors (Lipinski definition) is 2. The minimum Gasteiger partial charge on any atom is -0.344 e. The van der Waals surface area contributed by atoms with Crippen LogP contribution in [0.3, 0.4) is 0 Å². The average molecular weight is 384 g/mol. The molecule has 2 atom stereocenters. The van der Waals surface area contributed by atoms with Gasteiger partial charge in [-0.15, -0.1) is 0 Å². The fraction of sp³-hybridized carbons (Fsp3) is 0.350. The highest BCUT2D eigenvalue weighted by atomic mass is 79.9. The summed E-state index contributed by atoms with van der Waals surface area (Å²) in [5, 5.41) is 5.07. The van der Waals surface area contributed by atoms with E-state index >= 15 is 0 Å². The molecule has 1 aliphatic rings. The van der Waals surface area contributed by atoms with Gasteiger partial charge < -0.3 is 9.88 Å². The van der Waals surface area contributed by atoms with Gasteiger partial charge >= 0.3 is 0 Å². The molecule has 2 aromatic heterocycles. The maximum Gasteiger partial charge on any atom is 0.0486 e. The summed E-state index contributed by atoms with van der Waals surface area (Å²) in [5.41, 5.74) is 5.59. The van der Waals surface area contributed by atoms with Crippen molar-refractivity contribution in [3.63, 3.8) is 0 Å². The van der Waals surface area contributed by atoms with Crippen LogP contribution in [0.2, 0.25) is 0 Å². The largest absolute Gasteiger partial charge is 0.344 e. The molecular weight excluding hydrogens is 362 g/mol. The van der Waals surface area contributed by atoms with E-state index in [9.17, 15) is 0 Å². The maximum atomic E-state index is 4.24. The molecule has 4 heteroatoms. The van der Waals surface area contributed by atoms with E-state index in [4.69, 9.17) is 0 Å². The fourth-order valence-corrected chi connectivity index (χ4v) is 4.37. The van der Waals surface area contributed by atoms with Crippen LogP contribution < -0.4 is 5.32 Å². The molecule has 124 valence electrons. The Hall–Kier alpha value is -1.65. The Morgan fingerprint density at radius 1 is 1.29 bits per heavy atom. The second kappa shape index (κ2) is 6.34. The third-order valence-corrected chi connectivity index (χ3v) is 5.48. The van der Waals surface area contributed by atoms with Gasteiger partial charge in [0, 0.05) is 58.5 Å². The molecule has 1 aliphatic heterocycles. The van der Waals surface area contributed by atoms with Crippen molar-refractivity contribution in [1.82, 2.24) is 14.9 Å². The smallest absolute Gasteiger partial charge is 0.0486 e. The van der Waals surface area contributed by atoms with Gasteiger partial charge in [0.1, 0.15) is 0 Å². The Labute approximate surface area is 151 Å². The number of rotatable bonds is 3. The summed E-state index contributed by atoms with van der Waals surface area (Å²) in [6.45, 7) is 5.55. The van der Waals surface area contributed by atoms with E-state index < -0.39 is 0 Å². The second-order valence-corrected chi connectivity index (χ2v) is 7.69. The lowest BCUT2D eigenvalue weighted by Crippen LogP contribution is -2.36. The Kier molecular flexibility index (Phi) is 4.19. The van der Waals surface area contributed by atoms with Gasteiger partial charge in [0.15, 0.2) is 0 Å². The summed E-state index contributed by atoms with van der Waals surface area (Å²) in [6.07, 6.45) is 5.90. The van der Waals surface area contributed by atoms with E-state index in [0.29, 0.717) is 12.1 Å². The molecule has 1 aromatic carbocycles. The number of fused-ring (bicyclic) bond motifs is 3. The number of nitrogens with zero attached hydrogens (tertiary/aromatic N) is 2. The first-order chi connectivity index (χ1) is 11.6. The topological polar surface area (TPSA) is 29.9 Å². The van der Waals surface area contributed by atoms with E-state index in [1.54, 1.807) is 0 Å². The predicted molar refractivity (Wildman–Crippen MR) is 102 cm³/mol. The molecule has 0 spiro atoms. The Bertz CT molecular complexity index is 869. The van der Waals surface area contributed by atoms with Gasteiger partial charge in [-0.2, -0.15) is 0 Å². The van der Waals surface area contributed by atoms with Crippen molar-refractivity contribution in [3.05, 3.63) is 64.0 Å². The average Bonchev–Trinajstić information content (AvgIpc) is 2.86. The normalized spacial score (nSPS) is 20.3. The lowest BCUT2D eigenvalue weighted by atomic mass is 9.95. The number of hydrogen-bond donors (Lipinski definition) is 1. The highest BCUT2D eigenvalue weighted by molar-refractivity contribution is 9.10. The van der Waals surface area contributed by atoms with Crippen LogP contribution in [0.15, 0.2) is 47.2 Å². The monoisotopic (exact) mass is 383 g/mol. The molecule has 0 amide bonds. The number of halogens is 1. The quantitative estimate of drug-likeness (QED) is 0.713. The van der Waals surface area contributed by atoms with Gasteiger partial charge in [0.05, 0.1) is 0 Å². The van der Waals surface area contributed by atoms with Crippen molar-refractivity contribution >= 4 is 26.8 Å². The second-order valence-electron chi connectivity index (χ2n) is 6.78. The molecule has 2 unspecified atom stereocenters. The zero-order valence-corrected chi connectivity index (χ0v) is 15.7. The van der Waals surface area contributed by atoms with Crippen molar-refractivity contribution in [1.29, 1.82) is 0 Å². The van der Waals surface area contributed by atoms with Crippen LogP contribution >= 0.6 is 15.9 Å². The first-order valence-electron chi connectivity index (χ1n) is 8.59. The number of aryl methyl sites for hydroxylation is 2. The molecular formula is C20H22BrN3. The van der Waals surface area contributed by atoms with Crippen LogP contribution in [0, 0.1) is 0 Å². The van der Waals surface area contributed by atoms with Crippen LogP contribution in [0.4, 0.5) is 0 Å². The van der Waals surface area contributed by atoms with Crippen molar-refractivity contribution in [3.8, 4) is 0 Å². The molecule has 0 fully saturated rings. The number of pyridine rings is 1. The first kappa shape index (κ1) is 15.9. The Morgan fingerprint density at radius 2 is 2.17 bits per heavy atom. The Morgan fingerprint density at radius 3 is 2.96 bits per heavy atom. The van der Waals surface area contributed by atoms with E-state index in [-0.39, 0.29) is 0 Å². The van der Waals surface area contributed by atoms with Gasteiger partial charge in [-0.25, -0.2) is 0 Å². The molecule has 0 saturated heterocycles. The molecule has 3 nitrogen and oxygen atoms in total. The highest BCUT2D eigenvalue weighted by Crippen LogP contribution is 2.36. The lowest BCUT2D eigenvalue weighted by Gasteiger charge is -2.28. The zero-order valence-electron chi connectivity index (χ0n) is 14.1. The Balaban J connectivity index is 1.80. The SMILES string of the molecule is CC1Cc2c(c3cc(Br)ccc3n2CCc2cccnc2)C(C)N1. The molecule has 0 radical (unpaired) electrons. The summed E-state index contributed by atoms with van der Waals surface area (Å²) < 4.78 is 3.67. The number of nitrogens with one attached hydrogen (secondary N) is 1. The third kappa shape index (κ3) is 2.78. The van der Waals surface area contributed by atoms with Crippen molar-refractivity contribution < 1.29 is 0 Å². The van der Waals surface area contributed by atoms with Crippen LogP contribution in [-0.4, -0.2) is 15.6 Å². The molecule has 4 rings (SSSR count). The van der Waals surface area contributed by atoms with Gasteiger partial charge in [-0.1, -0.05) is 22.0 Å². The van der Waals surface area contributed by atoms with E-state index in [1.807, 2.05) is 18.5 Å². The van der Waals surface area contributed by atoms with Crippen LogP contribution in [0.1, 0.15) is 36.7 Å². The number of benzene rings is 1. The molecule has 3 heterocycles. The predicted octanol–water partition coefficient (Wildman–Crippen LogP) is 4.64. The summed E-state index contributed by atoms with van der Waals surface area (Å²) in [4.78, 5) is 4.24. The fourth-order valence-electron chi connectivity index (χ4n) is 4.01. The summed E-state index contributed by atoms with van der Waals surface area (Å²) >= 11 is 3.64. The minimum absolute atomic E-state index is 0.389. The summed E-state index contributed by atoms with van der Waals surface area (Å²) in [7, 11) is 0. The van der Waals surface area contributed by atoms with Crippen molar-refractivity contribution in [2.24, 2.45) is 0 Å². The van der Waals surface area contributed by atoms with Crippen molar-refractivity contribution in [2.45, 2.75) is 45.3 Å². The van der Waals surface area contributed by atoms with E-state index in [1.165, 1.54) is 27.7 Å². The van der Waals surface area contributed by atoms with Gasteiger partial charge in [-0.3, -0.25) is 4.98 Å². The van der Waals surface area contributed by atoms with Crippen LogP contribution in [-0.2, 0) is 19.4 Å². The standard InChI is InChI=1S/C20H22BrN3/c1-13-10-19-20(14(2)23-13)17-11-16(21)5-6-18(17)24(19)9-7-15-4-3-8-22-12-15/h3-6,8,11-14,23H,7,9-10H2,1-2H3. The molecule has 0 bridgehead atoms. The molecule has 24 heavy (non-hydrogen) atoms. The summed E-state index contributed by atoms with van der Waals surface area (Å²) in [5.74, 6) is 0. The third-order valence-electron chi connectivity index (χ3n) is 4.99. The van der Waals surface area contributed by atoms with Crippen LogP contribution in [0.5, 0.6) is 0 Å². The lowest BCUT2D eigenvalue weighted by molar-refractivity contribution is 0.433. The molecule has 0 saturated carbocycles. The molecule has 3 aromatic rings. The van der Waals surface area contributed by atoms with Crippen LogP contribution in [0.25, 0.3) is 10.9 Å². The van der Waals surface area contributed by atoms with Gasteiger partial charge in [0.2, 0.25) is 0 Å². The minimum atomic E-state index is 0.389.